The van der Waals surface area contributed by atoms with Crippen molar-refractivity contribution in [1.82, 2.24) is 9.71 Å². The zero-order valence-electron chi connectivity index (χ0n) is 14.5. The molecule has 3 aromatic rings. The van der Waals surface area contributed by atoms with E-state index in [-0.39, 0.29) is 5.41 Å². The fourth-order valence-corrected chi connectivity index (χ4v) is 4.74. The standard InChI is InChI=1S/C20H21ClN2O2S/c1-2-14-3-6-16(7-4-14)26(24,25)23-13-20(9-10-20)18-12-22-19-8-5-15(21)11-17(18)19/h3-8,11-12,22-23H,2,9-10,13H2,1H3. The SMILES string of the molecule is CCc1ccc(S(=O)(=O)NCC2(c3c[nH]c4ccc(Cl)cc34)CC2)cc1. The summed E-state index contributed by atoms with van der Waals surface area (Å²) < 4.78 is 28.1. The van der Waals surface area contributed by atoms with Gasteiger partial charge < -0.3 is 4.98 Å². The molecule has 1 heterocycles. The van der Waals surface area contributed by atoms with Crippen LogP contribution in [-0.2, 0) is 21.9 Å². The Morgan fingerprint density at radius 1 is 1.15 bits per heavy atom. The van der Waals surface area contributed by atoms with Gasteiger partial charge in [0.05, 0.1) is 4.90 Å². The van der Waals surface area contributed by atoms with E-state index in [1.165, 1.54) is 0 Å². The third-order valence-electron chi connectivity index (χ3n) is 5.31. The molecule has 1 aliphatic carbocycles. The summed E-state index contributed by atoms with van der Waals surface area (Å²) in [5, 5.41) is 1.76. The highest BCUT2D eigenvalue weighted by molar-refractivity contribution is 7.89. The van der Waals surface area contributed by atoms with Gasteiger partial charge in [-0.05, 0) is 60.7 Å². The van der Waals surface area contributed by atoms with Gasteiger partial charge in [0.1, 0.15) is 0 Å². The number of benzene rings is 2. The zero-order chi connectivity index (χ0) is 18.4. The first-order valence-corrected chi connectivity index (χ1v) is 10.7. The molecule has 0 amide bonds. The number of rotatable bonds is 6. The van der Waals surface area contributed by atoms with Crippen molar-refractivity contribution in [3.8, 4) is 0 Å². The normalized spacial score (nSPS) is 16.1. The fraction of sp³-hybridized carbons (Fsp3) is 0.300. The molecule has 1 fully saturated rings. The number of hydrogen-bond donors (Lipinski definition) is 2. The summed E-state index contributed by atoms with van der Waals surface area (Å²) in [4.78, 5) is 3.58. The van der Waals surface area contributed by atoms with E-state index in [4.69, 9.17) is 11.6 Å². The summed E-state index contributed by atoms with van der Waals surface area (Å²) in [6.07, 6.45) is 4.80. The van der Waals surface area contributed by atoms with Gasteiger partial charge in [0.25, 0.3) is 0 Å². The van der Waals surface area contributed by atoms with E-state index in [9.17, 15) is 8.42 Å². The third-order valence-corrected chi connectivity index (χ3v) is 6.96. The minimum Gasteiger partial charge on any atom is -0.361 e. The second-order valence-electron chi connectivity index (χ2n) is 6.99. The Balaban J connectivity index is 1.57. The Morgan fingerprint density at radius 2 is 1.88 bits per heavy atom. The summed E-state index contributed by atoms with van der Waals surface area (Å²) in [5.74, 6) is 0. The van der Waals surface area contributed by atoms with Crippen LogP contribution in [0.25, 0.3) is 10.9 Å². The smallest absolute Gasteiger partial charge is 0.240 e. The van der Waals surface area contributed by atoms with Crippen LogP contribution in [0, 0.1) is 0 Å². The molecule has 2 aromatic carbocycles. The zero-order valence-corrected chi connectivity index (χ0v) is 16.1. The van der Waals surface area contributed by atoms with Gasteiger partial charge >= 0.3 is 0 Å². The molecule has 0 radical (unpaired) electrons. The average molecular weight is 389 g/mol. The summed E-state index contributed by atoms with van der Waals surface area (Å²) in [7, 11) is -3.52. The molecule has 0 atom stereocenters. The van der Waals surface area contributed by atoms with Gasteiger partial charge in [0.2, 0.25) is 10.0 Å². The molecule has 4 rings (SSSR count). The second kappa shape index (κ2) is 6.41. The monoisotopic (exact) mass is 388 g/mol. The molecule has 6 heteroatoms. The number of fused-ring (bicyclic) bond motifs is 1. The highest BCUT2D eigenvalue weighted by Gasteiger charge is 2.46. The number of sulfonamides is 1. The molecule has 2 N–H and O–H groups in total. The topological polar surface area (TPSA) is 62.0 Å². The number of aromatic nitrogens is 1. The van der Waals surface area contributed by atoms with Crippen molar-refractivity contribution in [1.29, 1.82) is 0 Å². The van der Waals surface area contributed by atoms with Crippen LogP contribution in [0.5, 0.6) is 0 Å². The molecular formula is C20H21ClN2O2S. The molecule has 1 aromatic heterocycles. The molecule has 0 aliphatic heterocycles. The van der Waals surface area contributed by atoms with Gasteiger partial charge in [-0.1, -0.05) is 30.7 Å². The van der Waals surface area contributed by atoms with Crippen LogP contribution >= 0.6 is 11.6 Å². The van der Waals surface area contributed by atoms with Crippen molar-refractivity contribution in [3.05, 3.63) is 64.8 Å². The predicted molar refractivity (Wildman–Crippen MR) is 105 cm³/mol. The van der Waals surface area contributed by atoms with Crippen molar-refractivity contribution in [2.24, 2.45) is 0 Å². The van der Waals surface area contributed by atoms with Gasteiger partial charge in [0.15, 0.2) is 0 Å². The molecule has 1 saturated carbocycles. The van der Waals surface area contributed by atoms with Crippen molar-refractivity contribution < 1.29 is 8.42 Å². The van der Waals surface area contributed by atoms with Crippen molar-refractivity contribution in [3.63, 3.8) is 0 Å². The molecule has 0 unspecified atom stereocenters. The van der Waals surface area contributed by atoms with Crippen LogP contribution in [0.2, 0.25) is 5.02 Å². The fourth-order valence-electron chi connectivity index (χ4n) is 3.44. The maximum atomic E-state index is 12.7. The van der Waals surface area contributed by atoms with Crippen molar-refractivity contribution in [2.75, 3.05) is 6.54 Å². The minimum absolute atomic E-state index is 0.153. The van der Waals surface area contributed by atoms with E-state index in [0.29, 0.717) is 16.5 Å². The van der Waals surface area contributed by atoms with E-state index in [1.54, 1.807) is 12.1 Å². The quantitative estimate of drug-likeness (QED) is 0.657. The molecule has 1 aliphatic rings. The van der Waals surface area contributed by atoms with Gasteiger partial charge in [-0.3, -0.25) is 0 Å². The largest absolute Gasteiger partial charge is 0.361 e. The highest BCUT2D eigenvalue weighted by Crippen LogP contribution is 2.50. The number of nitrogens with one attached hydrogen (secondary N) is 2. The number of halogens is 1. The Morgan fingerprint density at radius 3 is 2.54 bits per heavy atom. The second-order valence-corrected chi connectivity index (χ2v) is 9.20. The van der Waals surface area contributed by atoms with Crippen molar-refractivity contribution >= 4 is 32.5 Å². The van der Waals surface area contributed by atoms with Crippen LogP contribution in [0.1, 0.15) is 30.9 Å². The molecule has 0 bridgehead atoms. The van der Waals surface area contributed by atoms with Crippen LogP contribution in [0.15, 0.2) is 53.6 Å². The summed E-state index contributed by atoms with van der Waals surface area (Å²) in [6, 6.07) is 12.8. The lowest BCUT2D eigenvalue weighted by Gasteiger charge is -2.16. The van der Waals surface area contributed by atoms with Gasteiger partial charge in [-0.15, -0.1) is 0 Å². The first-order chi connectivity index (χ1) is 12.4. The van der Waals surface area contributed by atoms with E-state index in [2.05, 4.69) is 9.71 Å². The Labute approximate surface area is 158 Å². The molecule has 26 heavy (non-hydrogen) atoms. The maximum absolute atomic E-state index is 12.7. The van der Waals surface area contributed by atoms with E-state index < -0.39 is 10.0 Å². The number of aryl methyl sites for hydroxylation is 1. The number of aromatic amines is 1. The molecule has 4 nitrogen and oxygen atoms in total. The lowest BCUT2D eigenvalue weighted by molar-refractivity contribution is 0.567. The number of hydrogen-bond acceptors (Lipinski definition) is 2. The van der Waals surface area contributed by atoms with Crippen LogP contribution in [0.4, 0.5) is 0 Å². The average Bonchev–Trinajstić information content (AvgIpc) is 3.32. The Kier molecular flexibility index (Phi) is 4.34. The van der Waals surface area contributed by atoms with Gasteiger partial charge in [0, 0.05) is 34.1 Å². The first kappa shape index (κ1) is 17.6. The summed E-state index contributed by atoms with van der Waals surface area (Å²) in [5.41, 5.74) is 3.13. The summed E-state index contributed by atoms with van der Waals surface area (Å²) in [6.45, 7) is 2.44. The Bertz CT molecular complexity index is 1050. The maximum Gasteiger partial charge on any atom is 0.240 e. The van der Waals surface area contributed by atoms with E-state index >= 15 is 0 Å². The first-order valence-electron chi connectivity index (χ1n) is 8.79. The third kappa shape index (κ3) is 3.15. The predicted octanol–water partition coefficient (Wildman–Crippen LogP) is 4.39. The van der Waals surface area contributed by atoms with Crippen molar-refractivity contribution in [2.45, 2.75) is 36.5 Å². The molecule has 0 spiro atoms. The van der Waals surface area contributed by atoms with Crippen LogP contribution in [0.3, 0.4) is 0 Å². The summed E-state index contributed by atoms with van der Waals surface area (Å²) >= 11 is 6.15. The lowest BCUT2D eigenvalue weighted by Crippen LogP contribution is -2.32. The number of H-pyrrole nitrogens is 1. The van der Waals surface area contributed by atoms with Gasteiger partial charge in [-0.25, -0.2) is 13.1 Å². The highest BCUT2D eigenvalue weighted by atomic mass is 35.5. The van der Waals surface area contributed by atoms with E-state index in [1.807, 2.05) is 43.5 Å². The Hall–Kier alpha value is -1.82. The van der Waals surface area contributed by atoms with Crippen LogP contribution < -0.4 is 4.72 Å². The van der Waals surface area contributed by atoms with E-state index in [0.717, 1.165) is 41.3 Å². The molecular weight excluding hydrogens is 368 g/mol. The molecule has 136 valence electrons. The minimum atomic E-state index is -3.52. The van der Waals surface area contributed by atoms with Crippen LogP contribution in [-0.4, -0.2) is 19.9 Å². The van der Waals surface area contributed by atoms with Gasteiger partial charge in [-0.2, -0.15) is 0 Å². The lowest BCUT2D eigenvalue weighted by atomic mass is 9.96. The molecule has 0 saturated heterocycles.